The first kappa shape index (κ1) is 24.6. The summed E-state index contributed by atoms with van der Waals surface area (Å²) in [5.41, 5.74) is 7.13. The molecular formula is C34H30N4O. The van der Waals surface area contributed by atoms with Gasteiger partial charge in [-0.05, 0) is 29.2 Å². The minimum absolute atomic E-state index is 0.324. The Bertz CT molecular complexity index is 1760. The number of hydrogen-bond donors (Lipinski definition) is 2. The molecule has 0 aliphatic heterocycles. The molecule has 2 heterocycles. The van der Waals surface area contributed by atoms with Gasteiger partial charge in [0.1, 0.15) is 11.1 Å². The fraction of sp³-hybridized carbons (Fsp3) is 0.118. The monoisotopic (exact) mass is 510 g/mol. The Kier molecular flexibility index (Phi) is 6.66. The lowest BCUT2D eigenvalue weighted by Crippen LogP contribution is -2.27. The lowest BCUT2D eigenvalue weighted by molar-refractivity contribution is 0.119. The third-order valence-corrected chi connectivity index (χ3v) is 7.37. The van der Waals surface area contributed by atoms with Gasteiger partial charge in [0.05, 0.1) is 29.6 Å². The standard InChI is InChI=1S/C34H30N4O/c1-24(32(39)28-20-12-5-13-21-28)38-23-36-34-30(33(38)35)29(26-16-8-3-9-17-26)31(27-18-10-4-11-19-27)37(34)22-25-14-6-2-7-15-25/h2-21,23-24,32,35,39H,22H2,1H3/t24-,32-/m1/s1. The predicted molar refractivity (Wildman–Crippen MR) is 156 cm³/mol. The fourth-order valence-corrected chi connectivity index (χ4v) is 5.36. The van der Waals surface area contributed by atoms with Gasteiger partial charge in [0.25, 0.3) is 0 Å². The molecule has 6 aromatic rings. The van der Waals surface area contributed by atoms with Crippen LogP contribution < -0.4 is 5.49 Å². The maximum Gasteiger partial charge on any atom is 0.146 e. The Hall–Kier alpha value is -4.74. The van der Waals surface area contributed by atoms with Gasteiger partial charge < -0.3 is 14.2 Å². The van der Waals surface area contributed by atoms with Gasteiger partial charge in [-0.25, -0.2) is 4.98 Å². The van der Waals surface area contributed by atoms with Crippen molar-refractivity contribution in [3.8, 4) is 22.4 Å². The zero-order chi connectivity index (χ0) is 26.8. The largest absolute Gasteiger partial charge is 0.386 e. The van der Waals surface area contributed by atoms with E-state index in [1.807, 2.05) is 91.9 Å². The molecule has 0 fully saturated rings. The first-order valence-corrected chi connectivity index (χ1v) is 13.2. The number of nitrogens with one attached hydrogen (secondary N) is 1. The molecule has 0 saturated heterocycles. The summed E-state index contributed by atoms with van der Waals surface area (Å²) in [5, 5.41) is 21.5. The van der Waals surface area contributed by atoms with E-state index in [4.69, 9.17) is 4.98 Å². The third-order valence-electron chi connectivity index (χ3n) is 7.37. The Morgan fingerprint density at radius 3 is 1.90 bits per heavy atom. The van der Waals surface area contributed by atoms with E-state index in [-0.39, 0.29) is 0 Å². The van der Waals surface area contributed by atoms with Crippen molar-refractivity contribution in [1.29, 1.82) is 5.41 Å². The maximum absolute atomic E-state index is 11.2. The van der Waals surface area contributed by atoms with Gasteiger partial charge in [-0.15, -0.1) is 0 Å². The number of rotatable bonds is 7. The molecule has 0 spiro atoms. The van der Waals surface area contributed by atoms with Gasteiger partial charge in [0.15, 0.2) is 0 Å². The van der Waals surface area contributed by atoms with Gasteiger partial charge in [-0.3, -0.25) is 5.41 Å². The van der Waals surface area contributed by atoms with E-state index in [1.54, 1.807) is 10.9 Å². The zero-order valence-corrected chi connectivity index (χ0v) is 21.8. The summed E-state index contributed by atoms with van der Waals surface area (Å²) in [6.45, 7) is 2.55. The van der Waals surface area contributed by atoms with Crippen LogP contribution in [0.5, 0.6) is 0 Å². The van der Waals surface area contributed by atoms with Crippen LogP contribution in [-0.2, 0) is 6.54 Å². The highest BCUT2D eigenvalue weighted by Gasteiger charge is 2.25. The molecule has 0 aliphatic carbocycles. The summed E-state index contributed by atoms with van der Waals surface area (Å²) >= 11 is 0. The quantitative estimate of drug-likeness (QED) is 0.243. The smallest absolute Gasteiger partial charge is 0.146 e. The van der Waals surface area contributed by atoms with Gasteiger partial charge in [0.2, 0.25) is 0 Å². The van der Waals surface area contributed by atoms with Crippen molar-refractivity contribution in [3.05, 3.63) is 144 Å². The Balaban J connectivity index is 1.64. The zero-order valence-electron chi connectivity index (χ0n) is 21.8. The van der Waals surface area contributed by atoms with Crippen molar-refractivity contribution in [2.24, 2.45) is 0 Å². The number of aromatic nitrogens is 3. The number of aliphatic hydroxyl groups is 1. The van der Waals surface area contributed by atoms with E-state index >= 15 is 0 Å². The molecule has 0 bridgehead atoms. The topological polar surface area (TPSA) is 66.8 Å². The van der Waals surface area contributed by atoms with Crippen LogP contribution >= 0.6 is 0 Å². The first-order valence-electron chi connectivity index (χ1n) is 13.2. The van der Waals surface area contributed by atoms with Crippen LogP contribution in [0.1, 0.15) is 30.2 Å². The van der Waals surface area contributed by atoms with Gasteiger partial charge >= 0.3 is 0 Å². The van der Waals surface area contributed by atoms with Crippen LogP contribution in [0.2, 0.25) is 0 Å². The summed E-state index contributed by atoms with van der Waals surface area (Å²) in [5.74, 6) is 0. The third kappa shape index (κ3) is 4.58. The fourth-order valence-electron chi connectivity index (χ4n) is 5.36. The maximum atomic E-state index is 11.2. The molecule has 2 atom stereocenters. The number of fused-ring (bicyclic) bond motifs is 1. The molecular weight excluding hydrogens is 480 g/mol. The van der Waals surface area contributed by atoms with Crippen molar-refractivity contribution in [2.45, 2.75) is 25.6 Å². The van der Waals surface area contributed by atoms with Crippen LogP contribution in [0.4, 0.5) is 0 Å². The lowest BCUT2D eigenvalue weighted by Gasteiger charge is -2.22. The van der Waals surface area contributed by atoms with Crippen molar-refractivity contribution in [2.75, 3.05) is 0 Å². The average molecular weight is 511 g/mol. The van der Waals surface area contributed by atoms with Crippen molar-refractivity contribution < 1.29 is 5.11 Å². The van der Waals surface area contributed by atoms with Crippen LogP contribution in [0.3, 0.4) is 0 Å². The minimum atomic E-state index is -0.778. The predicted octanol–water partition coefficient (Wildman–Crippen LogP) is 6.99. The number of hydrogen-bond acceptors (Lipinski definition) is 3. The van der Waals surface area contributed by atoms with E-state index in [2.05, 4.69) is 41.0 Å². The normalized spacial score (nSPS) is 12.9. The van der Waals surface area contributed by atoms with Crippen LogP contribution in [0.15, 0.2) is 128 Å². The highest BCUT2D eigenvalue weighted by molar-refractivity contribution is 6.02. The second kappa shape index (κ2) is 10.6. The highest BCUT2D eigenvalue weighted by atomic mass is 16.3. The second-order valence-corrected chi connectivity index (χ2v) is 9.82. The molecule has 0 saturated carbocycles. The molecule has 0 unspecified atom stereocenters. The van der Waals surface area contributed by atoms with Gasteiger partial charge in [0, 0.05) is 12.1 Å². The van der Waals surface area contributed by atoms with Crippen molar-refractivity contribution in [1.82, 2.24) is 14.1 Å². The number of nitrogens with zero attached hydrogens (tertiary/aromatic N) is 3. The van der Waals surface area contributed by atoms with Crippen molar-refractivity contribution >= 4 is 11.0 Å². The van der Waals surface area contributed by atoms with E-state index in [1.165, 1.54) is 0 Å². The number of aliphatic hydroxyl groups excluding tert-OH is 1. The molecule has 0 radical (unpaired) electrons. The molecule has 0 amide bonds. The molecule has 2 aromatic heterocycles. The van der Waals surface area contributed by atoms with E-state index in [9.17, 15) is 10.5 Å². The molecule has 5 nitrogen and oxygen atoms in total. The average Bonchev–Trinajstić information content (AvgIpc) is 3.33. The summed E-state index contributed by atoms with van der Waals surface area (Å²) < 4.78 is 4.01. The lowest BCUT2D eigenvalue weighted by atomic mass is 9.98. The summed E-state index contributed by atoms with van der Waals surface area (Å²) in [6, 6.07) is 40.1. The highest BCUT2D eigenvalue weighted by Crippen LogP contribution is 2.39. The Morgan fingerprint density at radius 1 is 0.744 bits per heavy atom. The molecule has 4 aromatic carbocycles. The Labute approximate surface area is 227 Å². The van der Waals surface area contributed by atoms with Crippen LogP contribution in [0.25, 0.3) is 33.4 Å². The Morgan fingerprint density at radius 2 is 1.28 bits per heavy atom. The minimum Gasteiger partial charge on any atom is -0.386 e. The summed E-state index contributed by atoms with van der Waals surface area (Å²) in [7, 11) is 0. The van der Waals surface area contributed by atoms with E-state index < -0.39 is 12.1 Å². The molecule has 5 heteroatoms. The first-order chi connectivity index (χ1) is 19.1. The van der Waals surface area contributed by atoms with E-state index in [0.29, 0.717) is 12.0 Å². The summed E-state index contributed by atoms with van der Waals surface area (Å²) in [6.07, 6.45) is 0.923. The molecule has 39 heavy (non-hydrogen) atoms. The van der Waals surface area contributed by atoms with E-state index in [0.717, 1.165) is 44.5 Å². The molecule has 2 N–H and O–H groups in total. The molecule has 192 valence electrons. The van der Waals surface area contributed by atoms with Crippen LogP contribution in [-0.4, -0.2) is 19.2 Å². The summed E-state index contributed by atoms with van der Waals surface area (Å²) in [4.78, 5) is 4.96. The molecule has 0 aliphatic rings. The SMILES string of the molecule is C[C@H]([C@@H](O)c1ccccc1)n1cnc2c(c(-c3ccccc3)c(-c3ccccc3)n2Cc2ccccc2)c1=N. The van der Waals surface area contributed by atoms with Crippen molar-refractivity contribution in [3.63, 3.8) is 0 Å². The van der Waals surface area contributed by atoms with Gasteiger partial charge in [-0.1, -0.05) is 121 Å². The van der Waals surface area contributed by atoms with Crippen LogP contribution in [0, 0.1) is 5.41 Å². The number of benzene rings is 4. The molecule has 6 rings (SSSR count). The second-order valence-electron chi connectivity index (χ2n) is 9.82. The van der Waals surface area contributed by atoms with Gasteiger partial charge in [-0.2, -0.15) is 0 Å².